The first-order chi connectivity index (χ1) is 10.8. The van der Waals surface area contributed by atoms with Crippen LogP contribution in [0.2, 0.25) is 0 Å². The molecule has 3 rings (SSSR count). The molecule has 120 valence electrons. The van der Waals surface area contributed by atoms with E-state index in [0.29, 0.717) is 5.92 Å². The quantitative estimate of drug-likeness (QED) is 0.595. The Bertz CT molecular complexity index is 660. The molecule has 0 N–H and O–H groups in total. The highest BCUT2D eigenvalue weighted by atomic mass is 19.1. The predicted molar refractivity (Wildman–Crippen MR) is 91.2 cm³/mol. The van der Waals surface area contributed by atoms with Crippen molar-refractivity contribution < 1.29 is 13.7 Å². The molecule has 1 saturated heterocycles. The van der Waals surface area contributed by atoms with E-state index in [2.05, 4.69) is 11.8 Å². The van der Waals surface area contributed by atoms with E-state index in [1.54, 1.807) is 0 Å². The molecular formula is C19H22BFO2. The molecule has 0 unspecified atom stereocenters. The summed E-state index contributed by atoms with van der Waals surface area (Å²) in [5.74, 6) is 6.95. The zero-order valence-electron chi connectivity index (χ0n) is 14.2. The van der Waals surface area contributed by atoms with Crippen molar-refractivity contribution in [2.45, 2.75) is 51.7 Å². The number of halogens is 1. The lowest BCUT2D eigenvalue weighted by Gasteiger charge is -2.32. The van der Waals surface area contributed by atoms with Gasteiger partial charge in [-0.15, -0.1) is 0 Å². The Morgan fingerprint density at radius 1 is 1.13 bits per heavy atom. The molecule has 2 nitrogen and oxygen atoms in total. The minimum absolute atomic E-state index is 0.416. The van der Waals surface area contributed by atoms with E-state index in [4.69, 9.17) is 9.31 Å². The topological polar surface area (TPSA) is 18.5 Å². The SMILES string of the molecule is CC1(C)OB(C(F)=Cc2ccc(C#CC3CC3)cc2)OC1(C)C. The Kier molecular flexibility index (Phi) is 4.12. The minimum Gasteiger partial charge on any atom is -0.398 e. The van der Waals surface area contributed by atoms with Crippen molar-refractivity contribution in [1.82, 2.24) is 0 Å². The van der Waals surface area contributed by atoms with E-state index in [9.17, 15) is 4.39 Å². The Morgan fingerprint density at radius 3 is 2.22 bits per heavy atom. The summed E-state index contributed by atoms with van der Waals surface area (Å²) in [5.41, 5.74) is 0.246. The number of hydrogen-bond acceptors (Lipinski definition) is 2. The molecule has 1 aromatic carbocycles. The van der Waals surface area contributed by atoms with Crippen LogP contribution >= 0.6 is 0 Å². The van der Waals surface area contributed by atoms with Gasteiger partial charge >= 0.3 is 7.12 Å². The van der Waals surface area contributed by atoms with Gasteiger partial charge in [0.2, 0.25) is 0 Å². The van der Waals surface area contributed by atoms with E-state index in [1.165, 1.54) is 18.9 Å². The van der Waals surface area contributed by atoms with Gasteiger partial charge in [-0.2, -0.15) is 0 Å². The minimum atomic E-state index is -0.950. The van der Waals surface area contributed by atoms with Gasteiger partial charge in [-0.3, -0.25) is 0 Å². The maximum absolute atomic E-state index is 14.4. The second-order valence-electron chi connectivity index (χ2n) is 7.28. The summed E-state index contributed by atoms with van der Waals surface area (Å²) in [6, 6.07) is 7.56. The fraction of sp³-hybridized carbons (Fsp3) is 0.474. The summed E-state index contributed by atoms with van der Waals surface area (Å²) in [6.45, 7) is 7.64. The van der Waals surface area contributed by atoms with Crippen LogP contribution in [0.25, 0.3) is 6.08 Å². The molecule has 4 heteroatoms. The van der Waals surface area contributed by atoms with Gasteiger partial charge in [0.25, 0.3) is 0 Å². The van der Waals surface area contributed by atoms with Crippen molar-refractivity contribution in [1.29, 1.82) is 0 Å². The third-order valence-corrected chi connectivity index (χ3v) is 4.69. The van der Waals surface area contributed by atoms with E-state index in [1.807, 2.05) is 52.0 Å². The van der Waals surface area contributed by atoms with Crippen LogP contribution in [0.3, 0.4) is 0 Å². The molecule has 1 aliphatic heterocycles. The average molecular weight is 312 g/mol. The van der Waals surface area contributed by atoms with Gasteiger partial charge in [-0.1, -0.05) is 24.0 Å². The summed E-state index contributed by atoms with van der Waals surface area (Å²) in [4.78, 5) is 0. The summed E-state index contributed by atoms with van der Waals surface area (Å²) in [7, 11) is -0.950. The summed E-state index contributed by atoms with van der Waals surface area (Å²) in [5, 5.41) is 0. The van der Waals surface area contributed by atoms with E-state index < -0.39 is 24.0 Å². The summed E-state index contributed by atoms with van der Waals surface area (Å²) < 4.78 is 25.8. The third-order valence-electron chi connectivity index (χ3n) is 4.69. The van der Waals surface area contributed by atoms with E-state index >= 15 is 0 Å². The molecule has 2 aliphatic rings. The Morgan fingerprint density at radius 2 is 1.70 bits per heavy atom. The van der Waals surface area contributed by atoms with Crippen molar-refractivity contribution >= 4 is 13.2 Å². The normalized spacial score (nSPS) is 22.7. The highest BCUT2D eigenvalue weighted by Gasteiger charge is 2.53. The van der Waals surface area contributed by atoms with Gasteiger partial charge in [-0.05, 0) is 64.3 Å². The van der Waals surface area contributed by atoms with Gasteiger partial charge < -0.3 is 9.31 Å². The van der Waals surface area contributed by atoms with Crippen LogP contribution in [0.5, 0.6) is 0 Å². The molecule has 0 atom stereocenters. The van der Waals surface area contributed by atoms with Crippen molar-refractivity contribution in [3.63, 3.8) is 0 Å². The first-order valence-corrected chi connectivity index (χ1v) is 8.11. The molecule has 1 aliphatic carbocycles. The maximum Gasteiger partial charge on any atom is 0.525 e. The van der Waals surface area contributed by atoms with Crippen LogP contribution in [0, 0.1) is 17.8 Å². The van der Waals surface area contributed by atoms with Crippen LogP contribution in [-0.4, -0.2) is 18.3 Å². The lowest BCUT2D eigenvalue weighted by molar-refractivity contribution is 0.00578. The first kappa shape index (κ1) is 16.3. The first-order valence-electron chi connectivity index (χ1n) is 8.11. The van der Waals surface area contributed by atoms with Crippen LogP contribution in [0.15, 0.2) is 30.0 Å². The lowest BCUT2D eigenvalue weighted by Crippen LogP contribution is -2.41. The maximum atomic E-state index is 14.4. The van der Waals surface area contributed by atoms with Crippen molar-refractivity contribution in [2.24, 2.45) is 5.92 Å². The van der Waals surface area contributed by atoms with E-state index in [0.717, 1.165) is 11.1 Å². The molecule has 0 spiro atoms. The van der Waals surface area contributed by atoms with Crippen LogP contribution < -0.4 is 0 Å². The standard InChI is InChI=1S/C19H22BFO2/c1-18(2)19(3,4)23-20(22-18)17(21)13-16-11-9-15(10-12-16)8-7-14-5-6-14/h9-14H,5-6H2,1-4H3. The number of benzene rings is 1. The van der Waals surface area contributed by atoms with Crippen LogP contribution in [0.1, 0.15) is 51.7 Å². The highest BCUT2D eigenvalue weighted by molar-refractivity contribution is 6.54. The van der Waals surface area contributed by atoms with Crippen LogP contribution in [-0.2, 0) is 9.31 Å². The average Bonchev–Trinajstić information content (AvgIpc) is 3.26. The Hall–Kier alpha value is -1.57. The summed E-state index contributed by atoms with van der Waals surface area (Å²) >= 11 is 0. The van der Waals surface area contributed by atoms with Gasteiger partial charge in [-0.25, -0.2) is 4.39 Å². The van der Waals surface area contributed by atoms with Gasteiger partial charge in [0.1, 0.15) is 5.73 Å². The van der Waals surface area contributed by atoms with Gasteiger partial charge in [0, 0.05) is 11.5 Å². The van der Waals surface area contributed by atoms with Gasteiger partial charge in [0.15, 0.2) is 0 Å². The molecule has 1 aromatic rings. The van der Waals surface area contributed by atoms with E-state index in [-0.39, 0.29) is 0 Å². The zero-order chi connectivity index (χ0) is 16.7. The molecule has 0 bridgehead atoms. The molecule has 2 fully saturated rings. The zero-order valence-corrected chi connectivity index (χ0v) is 14.2. The molecule has 0 aromatic heterocycles. The Labute approximate surface area is 138 Å². The second kappa shape index (κ2) is 5.81. The lowest BCUT2D eigenvalue weighted by atomic mass is 9.87. The Balaban J connectivity index is 1.70. The second-order valence-corrected chi connectivity index (χ2v) is 7.28. The molecule has 0 radical (unpaired) electrons. The monoisotopic (exact) mass is 312 g/mol. The smallest absolute Gasteiger partial charge is 0.398 e. The third kappa shape index (κ3) is 3.68. The molecular weight excluding hydrogens is 290 g/mol. The van der Waals surface area contributed by atoms with Gasteiger partial charge in [0.05, 0.1) is 11.2 Å². The molecule has 1 saturated carbocycles. The number of rotatable bonds is 2. The number of hydrogen-bond donors (Lipinski definition) is 0. The molecule has 1 heterocycles. The highest BCUT2D eigenvalue weighted by Crippen LogP contribution is 2.39. The fourth-order valence-electron chi connectivity index (χ4n) is 2.26. The fourth-order valence-corrected chi connectivity index (χ4v) is 2.26. The van der Waals surface area contributed by atoms with Crippen LogP contribution in [0.4, 0.5) is 4.39 Å². The molecule has 0 amide bonds. The molecule has 23 heavy (non-hydrogen) atoms. The van der Waals surface area contributed by atoms with Crippen molar-refractivity contribution in [3.8, 4) is 11.8 Å². The van der Waals surface area contributed by atoms with Crippen molar-refractivity contribution in [3.05, 3.63) is 41.1 Å². The largest absolute Gasteiger partial charge is 0.525 e. The van der Waals surface area contributed by atoms with Crippen molar-refractivity contribution in [2.75, 3.05) is 0 Å². The predicted octanol–water partition coefficient (Wildman–Crippen LogP) is 4.39. The summed E-state index contributed by atoms with van der Waals surface area (Å²) in [6.07, 6.45) is 3.89.